The summed E-state index contributed by atoms with van der Waals surface area (Å²) in [7, 11) is 1.62. The van der Waals surface area contributed by atoms with Crippen LogP contribution in [0.1, 0.15) is 27.3 Å². The minimum absolute atomic E-state index is 0.0571. The fourth-order valence-electron chi connectivity index (χ4n) is 2.25. The van der Waals surface area contributed by atoms with Crippen LogP contribution in [-0.2, 0) is 6.42 Å². The lowest BCUT2D eigenvalue weighted by atomic mass is 10.1. The van der Waals surface area contributed by atoms with E-state index in [-0.39, 0.29) is 5.56 Å². The Morgan fingerprint density at radius 1 is 1.24 bits per heavy atom. The van der Waals surface area contributed by atoms with E-state index < -0.39 is 5.97 Å². The molecule has 0 saturated carbocycles. The number of rotatable bonds is 6. The summed E-state index contributed by atoms with van der Waals surface area (Å²) in [5.74, 6) is 0.576. The number of aryl methyl sites for hydroxylation is 1. The fourth-order valence-corrected chi connectivity index (χ4v) is 2.81. The third-order valence-electron chi connectivity index (χ3n) is 3.57. The first-order chi connectivity index (χ1) is 12.0. The zero-order valence-electron chi connectivity index (χ0n) is 13.7. The second-order valence-electron chi connectivity index (χ2n) is 5.37. The first kappa shape index (κ1) is 16.9. The average molecular weight is 355 g/mol. The van der Waals surface area contributed by atoms with Crippen molar-refractivity contribution in [3.8, 4) is 16.7 Å². The molecular formula is C18H15N2O4S-. The summed E-state index contributed by atoms with van der Waals surface area (Å²) in [6.07, 6.45) is 0.551. The molecule has 3 aromatic rings. The van der Waals surface area contributed by atoms with Gasteiger partial charge in [0, 0.05) is 23.5 Å². The van der Waals surface area contributed by atoms with Crippen molar-refractivity contribution >= 4 is 17.5 Å². The van der Waals surface area contributed by atoms with Gasteiger partial charge in [0.25, 0.3) is 5.19 Å². The predicted octanol–water partition coefficient (Wildman–Crippen LogP) is 2.60. The predicted molar refractivity (Wildman–Crippen MR) is 91.3 cm³/mol. The Balaban J connectivity index is 1.75. The molecule has 0 unspecified atom stereocenters. The van der Waals surface area contributed by atoms with E-state index in [0.717, 1.165) is 28.4 Å². The molecule has 7 heteroatoms. The lowest BCUT2D eigenvalue weighted by molar-refractivity contribution is -0.255. The van der Waals surface area contributed by atoms with Gasteiger partial charge in [-0.15, -0.1) is 0 Å². The number of carbonyl (C=O) groups is 1. The number of aromatic carboxylic acids is 1. The van der Waals surface area contributed by atoms with Gasteiger partial charge in [0.15, 0.2) is 5.82 Å². The first-order valence-electron chi connectivity index (χ1n) is 7.50. The number of hydrogen-bond donors (Lipinski definition) is 0. The zero-order valence-corrected chi connectivity index (χ0v) is 14.5. The molecule has 0 radical (unpaired) electrons. The van der Waals surface area contributed by atoms with Crippen LogP contribution in [0, 0.1) is 6.92 Å². The third-order valence-corrected chi connectivity index (χ3v) is 4.20. The highest BCUT2D eigenvalue weighted by Crippen LogP contribution is 2.28. The van der Waals surface area contributed by atoms with Crippen LogP contribution in [0.2, 0.25) is 0 Å². The van der Waals surface area contributed by atoms with Crippen molar-refractivity contribution in [2.24, 2.45) is 0 Å². The van der Waals surface area contributed by atoms with Gasteiger partial charge in [-0.3, -0.25) is 0 Å². The van der Waals surface area contributed by atoms with E-state index in [0.29, 0.717) is 23.2 Å². The molecule has 0 bridgehead atoms. The number of benzene rings is 2. The van der Waals surface area contributed by atoms with E-state index >= 15 is 0 Å². The molecule has 0 saturated heterocycles. The quantitative estimate of drug-likeness (QED) is 0.676. The summed E-state index contributed by atoms with van der Waals surface area (Å²) in [6.45, 7) is 1.83. The van der Waals surface area contributed by atoms with E-state index in [1.165, 1.54) is 12.1 Å². The van der Waals surface area contributed by atoms with E-state index in [2.05, 4.69) is 9.36 Å². The molecule has 0 spiro atoms. The SMILES string of the molecule is COc1cccc(Cc2nsc(Oc3cc(C(=O)[O-])ccc3C)n2)c1. The van der Waals surface area contributed by atoms with E-state index in [9.17, 15) is 9.90 Å². The van der Waals surface area contributed by atoms with Gasteiger partial charge in [-0.25, -0.2) is 0 Å². The summed E-state index contributed by atoms with van der Waals surface area (Å²) in [5, 5.41) is 11.3. The molecule has 0 atom stereocenters. The maximum Gasteiger partial charge on any atom is 0.298 e. The minimum Gasteiger partial charge on any atom is -0.545 e. The van der Waals surface area contributed by atoms with Crippen molar-refractivity contribution in [3.63, 3.8) is 0 Å². The zero-order chi connectivity index (χ0) is 17.8. The van der Waals surface area contributed by atoms with Crippen molar-refractivity contribution in [2.75, 3.05) is 7.11 Å². The number of carbonyl (C=O) groups excluding carboxylic acids is 1. The van der Waals surface area contributed by atoms with Crippen LogP contribution in [-0.4, -0.2) is 22.4 Å². The van der Waals surface area contributed by atoms with Gasteiger partial charge < -0.3 is 19.4 Å². The lowest BCUT2D eigenvalue weighted by Crippen LogP contribution is -2.22. The second kappa shape index (κ2) is 7.31. The third kappa shape index (κ3) is 4.13. The van der Waals surface area contributed by atoms with E-state index in [1.807, 2.05) is 31.2 Å². The molecule has 128 valence electrons. The van der Waals surface area contributed by atoms with Gasteiger partial charge in [0.05, 0.1) is 13.1 Å². The Kier molecular flexibility index (Phi) is 4.95. The van der Waals surface area contributed by atoms with Gasteiger partial charge >= 0.3 is 0 Å². The van der Waals surface area contributed by atoms with Crippen LogP contribution in [0.25, 0.3) is 0 Å². The largest absolute Gasteiger partial charge is 0.545 e. The monoisotopic (exact) mass is 355 g/mol. The standard InChI is InChI=1S/C18H16N2O4S/c1-11-6-7-13(17(21)22)10-15(11)24-18-19-16(20-25-18)9-12-4-3-5-14(8-12)23-2/h3-8,10H,9H2,1-2H3,(H,21,22)/p-1. The van der Waals surface area contributed by atoms with Gasteiger partial charge in [0.2, 0.25) is 0 Å². The van der Waals surface area contributed by atoms with Crippen LogP contribution >= 0.6 is 11.5 Å². The Hall–Kier alpha value is -2.93. The molecule has 3 rings (SSSR count). The van der Waals surface area contributed by atoms with Crippen molar-refractivity contribution in [1.29, 1.82) is 0 Å². The smallest absolute Gasteiger partial charge is 0.298 e. The van der Waals surface area contributed by atoms with Crippen LogP contribution in [0.15, 0.2) is 42.5 Å². The van der Waals surface area contributed by atoms with Crippen LogP contribution < -0.4 is 14.6 Å². The number of aromatic nitrogens is 2. The highest BCUT2D eigenvalue weighted by atomic mass is 32.1. The van der Waals surface area contributed by atoms with Crippen LogP contribution in [0.3, 0.4) is 0 Å². The maximum atomic E-state index is 11.0. The normalized spacial score (nSPS) is 10.5. The number of ether oxygens (including phenoxy) is 2. The van der Waals surface area contributed by atoms with Gasteiger partial charge in [-0.1, -0.05) is 24.3 Å². The molecule has 1 aromatic heterocycles. The van der Waals surface area contributed by atoms with Gasteiger partial charge in [0.1, 0.15) is 11.5 Å². The molecule has 2 aromatic carbocycles. The Labute approximate surface area is 148 Å². The van der Waals surface area contributed by atoms with Crippen molar-refractivity contribution in [1.82, 2.24) is 9.36 Å². The van der Waals surface area contributed by atoms with Crippen molar-refractivity contribution in [3.05, 3.63) is 65.0 Å². The van der Waals surface area contributed by atoms with Crippen molar-refractivity contribution < 1.29 is 19.4 Å². The summed E-state index contributed by atoms with van der Waals surface area (Å²) in [6, 6.07) is 12.2. The molecule has 0 aliphatic rings. The molecule has 6 nitrogen and oxygen atoms in total. The summed E-state index contributed by atoms with van der Waals surface area (Å²) in [4.78, 5) is 15.3. The number of hydrogen-bond acceptors (Lipinski definition) is 7. The summed E-state index contributed by atoms with van der Waals surface area (Å²) < 4.78 is 15.2. The maximum absolute atomic E-state index is 11.0. The number of methoxy groups -OCH3 is 1. The topological polar surface area (TPSA) is 84.4 Å². The van der Waals surface area contributed by atoms with Crippen LogP contribution in [0.5, 0.6) is 16.7 Å². The number of carboxylic acid groups (broad SMARTS) is 1. The van der Waals surface area contributed by atoms with Crippen LogP contribution in [0.4, 0.5) is 0 Å². The second-order valence-corrected chi connectivity index (χ2v) is 6.09. The minimum atomic E-state index is -1.25. The molecule has 0 aliphatic heterocycles. The van der Waals surface area contributed by atoms with Gasteiger partial charge in [-0.2, -0.15) is 9.36 Å². The number of nitrogens with zero attached hydrogens (tertiary/aromatic N) is 2. The molecular weight excluding hydrogens is 340 g/mol. The van der Waals surface area contributed by atoms with Gasteiger partial charge in [-0.05, 0) is 36.2 Å². The molecule has 0 fully saturated rings. The average Bonchev–Trinajstić information content (AvgIpc) is 3.03. The van der Waals surface area contributed by atoms with Crippen molar-refractivity contribution in [2.45, 2.75) is 13.3 Å². The lowest BCUT2D eigenvalue weighted by Gasteiger charge is -2.08. The fraction of sp³-hybridized carbons (Fsp3) is 0.167. The molecule has 0 N–H and O–H groups in total. The highest BCUT2D eigenvalue weighted by Gasteiger charge is 2.10. The Morgan fingerprint density at radius 3 is 2.84 bits per heavy atom. The molecule has 0 amide bonds. The molecule has 0 aliphatic carbocycles. The van der Waals surface area contributed by atoms with E-state index in [4.69, 9.17) is 9.47 Å². The Morgan fingerprint density at radius 2 is 2.08 bits per heavy atom. The highest BCUT2D eigenvalue weighted by molar-refractivity contribution is 7.07. The summed E-state index contributed by atoms with van der Waals surface area (Å²) in [5.41, 5.74) is 1.88. The Bertz CT molecular complexity index is 908. The molecule has 1 heterocycles. The first-order valence-corrected chi connectivity index (χ1v) is 8.28. The summed E-state index contributed by atoms with van der Waals surface area (Å²) >= 11 is 1.12. The molecule has 25 heavy (non-hydrogen) atoms. The number of carboxylic acids is 1. The van der Waals surface area contributed by atoms with E-state index in [1.54, 1.807) is 13.2 Å².